The predicted molar refractivity (Wildman–Crippen MR) is 84.6 cm³/mol. The summed E-state index contributed by atoms with van der Waals surface area (Å²) in [5.74, 6) is 0.102. The zero-order valence-corrected chi connectivity index (χ0v) is 12.1. The number of aromatic nitrogens is 1. The molecule has 6 heteroatoms. The Morgan fingerprint density at radius 3 is 2.52 bits per heavy atom. The minimum Gasteiger partial charge on any atom is -0.467 e. The zero-order valence-electron chi connectivity index (χ0n) is 12.1. The summed E-state index contributed by atoms with van der Waals surface area (Å²) in [5, 5.41) is 5.80. The van der Waals surface area contributed by atoms with Crippen LogP contribution in [0.25, 0.3) is 0 Å². The highest BCUT2D eigenvalue weighted by Gasteiger charge is 2.08. The van der Waals surface area contributed by atoms with Crippen LogP contribution in [0.2, 0.25) is 0 Å². The Morgan fingerprint density at radius 2 is 1.87 bits per heavy atom. The molecule has 0 unspecified atom stereocenters. The van der Waals surface area contributed by atoms with Gasteiger partial charge in [0.05, 0.1) is 24.7 Å². The molecule has 1 aromatic carbocycles. The van der Waals surface area contributed by atoms with Crippen LogP contribution < -0.4 is 10.6 Å². The minimum absolute atomic E-state index is 0.276. The molecule has 0 aliphatic rings. The molecule has 2 aromatic heterocycles. The molecule has 1 amide bonds. The molecular weight excluding hydrogens is 297 g/mol. The number of hydrogen-bond acceptors (Lipinski definition) is 4. The number of benzene rings is 1. The van der Waals surface area contributed by atoms with Crippen molar-refractivity contribution >= 4 is 17.3 Å². The number of nitrogens with one attached hydrogen (secondary N) is 2. The topological polar surface area (TPSA) is 67.2 Å². The summed E-state index contributed by atoms with van der Waals surface area (Å²) in [7, 11) is 0. The molecule has 0 spiro atoms. The fraction of sp³-hybridized carbons (Fsp3) is 0.0588. The first-order chi connectivity index (χ1) is 11.2. The highest BCUT2D eigenvalue weighted by atomic mass is 19.1. The largest absolute Gasteiger partial charge is 0.467 e. The Bertz CT molecular complexity index is 769. The third-order valence-corrected chi connectivity index (χ3v) is 3.15. The van der Waals surface area contributed by atoms with E-state index in [4.69, 9.17) is 4.42 Å². The van der Waals surface area contributed by atoms with Crippen LogP contribution in [0.3, 0.4) is 0 Å². The molecule has 3 rings (SSSR count). The molecule has 0 bridgehead atoms. The van der Waals surface area contributed by atoms with E-state index >= 15 is 0 Å². The number of furan rings is 1. The van der Waals surface area contributed by atoms with Crippen LogP contribution in [-0.2, 0) is 6.54 Å². The molecule has 3 aromatic rings. The number of halogens is 1. The molecule has 0 aliphatic carbocycles. The van der Waals surface area contributed by atoms with E-state index in [0.29, 0.717) is 12.2 Å². The van der Waals surface area contributed by atoms with Crippen molar-refractivity contribution in [3.63, 3.8) is 0 Å². The number of carbonyl (C=O) groups is 1. The average molecular weight is 311 g/mol. The Labute approximate surface area is 132 Å². The number of hydrogen-bond donors (Lipinski definition) is 2. The van der Waals surface area contributed by atoms with Crippen LogP contribution in [0, 0.1) is 5.82 Å². The van der Waals surface area contributed by atoms with E-state index in [-0.39, 0.29) is 17.4 Å². The molecular formula is C17H14FN3O2. The van der Waals surface area contributed by atoms with Crippen molar-refractivity contribution in [3.05, 3.63) is 78.3 Å². The number of anilines is 2. The summed E-state index contributed by atoms with van der Waals surface area (Å²) in [6, 6.07) is 12.6. The van der Waals surface area contributed by atoms with Gasteiger partial charge in [-0.15, -0.1) is 0 Å². The van der Waals surface area contributed by atoms with E-state index in [0.717, 1.165) is 11.4 Å². The monoisotopic (exact) mass is 311 g/mol. The first-order valence-corrected chi connectivity index (χ1v) is 7.00. The van der Waals surface area contributed by atoms with Gasteiger partial charge in [-0.1, -0.05) is 0 Å². The lowest BCUT2D eigenvalue weighted by atomic mass is 10.2. The minimum atomic E-state index is -0.354. The fourth-order valence-corrected chi connectivity index (χ4v) is 1.96. The number of pyridine rings is 1. The van der Waals surface area contributed by atoms with Gasteiger partial charge in [0.1, 0.15) is 17.3 Å². The van der Waals surface area contributed by atoms with E-state index in [1.165, 1.54) is 24.3 Å². The standard InChI is InChI=1S/C17H14FN3O2/c18-12-3-5-13(6-4-12)21-17(22)16-8-7-14(10-20-16)19-11-15-2-1-9-23-15/h1-10,19H,11H2,(H,21,22). The number of nitrogens with zero attached hydrogens (tertiary/aromatic N) is 1. The third kappa shape index (κ3) is 3.94. The van der Waals surface area contributed by atoms with Gasteiger partial charge in [-0.2, -0.15) is 0 Å². The van der Waals surface area contributed by atoms with Crippen molar-refractivity contribution < 1.29 is 13.6 Å². The van der Waals surface area contributed by atoms with Gasteiger partial charge in [0.25, 0.3) is 5.91 Å². The van der Waals surface area contributed by atoms with E-state index in [1.54, 1.807) is 24.6 Å². The van der Waals surface area contributed by atoms with Gasteiger partial charge in [0.2, 0.25) is 0 Å². The van der Waals surface area contributed by atoms with Gasteiger partial charge in [-0.05, 0) is 48.5 Å². The number of rotatable bonds is 5. The van der Waals surface area contributed by atoms with Crippen molar-refractivity contribution in [2.75, 3.05) is 10.6 Å². The van der Waals surface area contributed by atoms with Gasteiger partial charge in [0, 0.05) is 5.69 Å². The zero-order chi connectivity index (χ0) is 16.1. The Kier molecular flexibility index (Phi) is 4.33. The van der Waals surface area contributed by atoms with Gasteiger partial charge in [0.15, 0.2) is 0 Å². The molecule has 0 saturated carbocycles. The van der Waals surface area contributed by atoms with Gasteiger partial charge < -0.3 is 15.1 Å². The summed E-state index contributed by atoms with van der Waals surface area (Å²) < 4.78 is 18.0. The highest BCUT2D eigenvalue weighted by Crippen LogP contribution is 2.12. The summed E-state index contributed by atoms with van der Waals surface area (Å²) in [4.78, 5) is 16.2. The van der Waals surface area contributed by atoms with Crippen molar-refractivity contribution in [2.24, 2.45) is 0 Å². The molecule has 0 atom stereocenters. The third-order valence-electron chi connectivity index (χ3n) is 3.15. The highest BCUT2D eigenvalue weighted by molar-refractivity contribution is 6.02. The summed E-state index contributed by atoms with van der Waals surface area (Å²) >= 11 is 0. The lowest BCUT2D eigenvalue weighted by Gasteiger charge is -2.07. The van der Waals surface area contributed by atoms with Crippen LogP contribution in [0.1, 0.15) is 16.2 Å². The first-order valence-electron chi connectivity index (χ1n) is 7.00. The SMILES string of the molecule is O=C(Nc1ccc(F)cc1)c1ccc(NCc2ccco2)cn1. The average Bonchev–Trinajstić information content (AvgIpc) is 3.09. The van der Waals surface area contributed by atoms with Crippen LogP contribution in [0.5, 0.6) is 0 Å². The van der Waals surface area contributed by atoms with Crippen molar-refractivity contribution in [1.29, 1.82) is 0 Å². The second kappa shape index (κ2) is 6.74. The first kappa shape index (κ1) is 14.8. The van der Waals surface area contributed by atoms with E-state index in [2.05, 4.69) is 15.6 Å². The molecule has 116 valence electrons. The van der Waals surface area contributed by atoms with Gasteiger partial charge >= 0.3 is 0 Å². The quantitative estimate of drug-likeness (QED) is 0.754. The van der Waals surface area contributed by atoms with Gasteiger partial charge in [-0.25, -0.2) is 9.37 Å². The van der Waals surface area contributed by atoms with Crippen LogP contribution in [-0.4, -0.2) is 10.9 Å². The molecule has 0 saturated heterocycles. The smallest absolute Gasteiger partial charge is 0.274 e. The normalized spacial score (nSPS) is 10.3. The molecule has 0 radical (unpaired) electrons. The van der Waals surface area contributed by atoms with Crippen molar-refractivity contribution in [2.45, 2.75) is 6.54 Å². The summed E-state index contributed by atoms with van der Waals surface area (Å²) in [5.41, 5.74) is 1.57. The molecule has 0 aliphatic heterocycles. The van der Waals surface area contributed by atoms with Crippen molar-refractivity contribution in [1.82, 2.24) is 4.98 Å². The van der Waals surface area contributed by atoms with Crippen LogP contribution in [0.15, 0.2) is 65.4 Å². The lowest BCUT2D eigenvalue weighted by Crippen LogP contribution is -2.13. The lowest BCUT2D eigenvalue weighted by molar-refractivity contribution is 0.102. The maximum Gasteiger partial charge on any atom is 0.274 e. The predicted octanol–water partition coefficient (Wildman–Crippen LogP) is 3.68. The summed E-state index contributed by atoms with van der Waals surface area (Å²) in [6.07, 6.45) is 3.18. The van der Waals surface area contributed by atoms with E-state index in [1.807, 2.05) is 12.1 Å². The van der Waals surface area contributed by atoms with Gasteiger partial charge in [-0.3, -0.25) is 4.79 Å². The maximum absolute atomic E-state index is 12.8. The maximum atomic E-state index is 12.8. The molecule has 23 heavy (non-hydrogen) atoms. The Balaban J connectivity index is 1.59. The Hall–Kier alpha value is -3.15. The second-order valence-electron chi connectivity index (χ2n) is 4.83. The number of amides is 1. The molecule has 5 nitrogen and oxygen atoms in total. The molecule has 0 fully saturated rings. The molecule has 2 heterocycles. The molecule has 2 N–H and O–H groups in total. The fourth-order valence-electron chi connectivity index (χ4n) is 1.96. The van der Waals surface area contributed by atoms with E-state index < -0.39 is 0 Å². The Morgan fingerprint density at radius 1 is 1.09 bits per heavy atom. The second-order valence-corrected chi connectivity index (χ2v) is 4.83. The number of carbonyl (C=O) groups excluding carboxylic acids is 1. The van der Waals surface area contributed by atoms with Crippen LogP contribution in [0.4, 0.5) is 15.8 Å². The van der Waals surface area contributed by atoms with Crippen LogP contribution >= 0.6 is 0 Å². The van der Waals surface area contributed by atoms with Crippen molar-refractivity contribution in [3.8, 4) is 0 Å². The summed E-state index contributed by atoms with van der Waals surface area (Å²) in [6.45, 7) is 0.538. The van der Waals surface area contributed by atoms with E-state index in [9.17, 15) is 9.18 Å².